The van der Waals surface area contributed by atoms with E-state index in [1.54, 1.807) is 12.4 Å². The quantitative estimate of drug-likeness (QED) is 0.806. The number of H-pyrrole nitrogens is 1. The van der Waals surface area contributed by atoms with Gasteiger partial charge < -0.3 is 10.6 Å². The third-order valence-electron chi connectivity index (χ3n) is 4.28. The Morgan fingerprint density at radius 2 is 2.32 bits per heavy atom. The SMILES string of the molecule is Cc1[nH]ncc1CNC(=O)N[C@@H]1CCCC[C@@H]1n1cccn1. The minimum atomic E-state index is -0.135. The van der Waals surface area contributed by atoms with Crippen LogP contribution in [0.25, 0.3) is 0 Å². The predicted molar refractivity (Wildman–Crippen MR) is 82.2 cm³/mol. The number of aromatic nitrogens is 4. The molecule has 1 aliphatic rings. The van der Waals surface area contributed by atoms with E-state index in [1.807, 2.05) is 23.9 Å². The van der Waals surface area contributed by atoms with Crippen LogP contribution < -0.4 is 10.6 Å². The van der Waals surface area contributed by atoms with Crippen molar-refractivity contribution in [1.29, 1.82) is 0 Å². The Labute approximate surface area is 129 Å². The molecule has 0 spiro atoms. The highest BCUT2D eigenvalue weighted by Crippen LogP contribution is 2.27. The number of aryl methyl sites for hydroxylation is 1. The number of urea groups is 1. The maximum Gasteiger partial charge on any atom is 0.315 e. The van der Waals surface area contributed by atoms with E-state index >= 15 is 0 Å². The van der Waals surface area contributed by atoms with Crippen molar-refractivity contribution in [3.05, 3.63) is 35.9 Å². The maximum absolute atomic E-state index is 12.2. The first-order valence-electron chi connectivity index (χ1n) is 7.76. The Balaban J connectivity index is 1.56. The summed E-state index contributed by atoms with van der Waals surface area (Å²) in [6.45, 7) is 2.42. The van der Waals surface area contributed by atoms with E-state index in [4.69, 9.17) is 0 Å². The molecule has 0 aliphatic heterocycles. The zero-order valence-corrected chi connectivity index (χ0v) is 12.7. The number of nitrogens with zero attached hydrogens (tertiary/aromatic N) is 3. The van der Waals surface area contributed by atoms with Gasteiger partial charge in [-0.1, -0.05) is 12.8 Å². The Kier molecular flexibility index (Phi) is 4.41. The van der Waals surface area contributed by atoms with E-state index in [0.717, 1.165) is 30.5 Å². The number of carbonyl (C=O) groups is 1. The minimum absolute atomic E-state index is 0.124. The monoisotopic (exact) mass is 302 g/mol. The summed E-state index contributed by atoms with van der Waals surface area (Å²) < 4.78 is 1.96. The van der Waals surface area contributed by atoms with Gasteiger partial charge in [-0.3, -0.25) is 9.78 Å². The number of hydrogen-bond donors (Lipinski definition) is 3. The van der Waals surface area contributed by atoms with Gasteiger partial charge in [-0.2, -0.15) is 10.2 Å². The fourth-order valence-electron chi connectivity index (χ4n) is 3.02. The average Bonchev–Trinajstić information content (AvgIpc) is 3.17. The molecule has 22 heavy (non-hydrogen) atoms. The highest BCUT2D eigenvalue weighted by atomic mass is 16.2. The molecule has 0 saturated heterocycles. The van der Waals surface area contributed by atoms with Crippen molar-refractivity contribution in [3.8, 4) is 0 Å². The second-order valence-corrected chi connectivity index (χ2v) is 5.79. The molecule has 2 amide bonds. The zero-order valence-electron chi connectivity index (χ0n) is 12.7. The molecule has 2 heterocycles. The summed E-state index contributed by atoms with van der Waals surface area (Å²) in [7, 11) is 0. The van der Waals surface area contributed by atoms with Gasteiger partial charge in [-0.25, -0.2) is 4.79 Å². The molecule has 2 atom stereocenters. The number of nitrogens with one attached hydrogen (secondary N) is 3. The summed E-state index contributed by atoms with van der Waals surface area (Å²) in [5.74, 6) is 0. The van der Waals surface area contributed by atoms with Crippen molar-refractivity contribution in [1.82, 2.24) is 30.6 Å². The lowest BCUT2D eigenvalue weighted by Crippen LogP contribution is -2.47. The highest BCUT2D eigenvalue weighted by molar-refractivity contribution is 5.74. The van der Waals surface area contributed by atoms with Gasteiger partial charge in [0.15, 0.2) is 0 Å². The van der Waals surface area contributed by atoms with Gasteiger partial charge in [0.05, 0.1) is 18.3 Å². The van der Waals surface area contributed by atoms with Crippen LogP contribution in [0.15, 0.2) is 24.7 Å². The number of amides is 2. The van der Waals surface area contributed by atoms with Gasteiger partial charge in [0.25, 0.3) is 0 Å². The lowest BCUT2D eigenvalue weighted by molar-refractivity contribution is 0.213. The van der Waals surface area contributed by atoms with Crippen molar-refractivity contribution >= 4 is 6.03 Å². The van der Waals surface area contributed by atoms with Crippen molar-refractivity contribution in [2.24, 2.45) is 0 Å². The van der Waals surface area contributed by atoms with Gasteiger partial charge in [0, 0.05) is 30.2 Å². The molecule has 2 aromatic rings. The van der Waals surface area contributed by atoms with Crippen molar-refractivity contribution < 1.29 is 4.79 Å². The van der Waals surface area contributed by atoms with E-state index in [0.29, 0.717) is 6.54 Å². The Morgan fingerprint density at radius 1 is 1.45 bits per heavy atom. The second-order valence-electron chi connectivity index (χ2n) is 5.79. The average molecular weight is 302 g/mol. The van der Waals surface area contributed by atoms with Crippen molar-refractivity contribution in [3.63, 3.8) is 0 Å². The predicted octanol–water partition coefficient (Wildman–Crippen LogP) is 1.90. The summed E-state index contributed by atoms with van der Waals surface area (Å²) in [4.78, 5) is 12.2. The normalized spacial score (nSPS) is 21.5. The van der Waals surface area contributed by atoms with E-state index < -0.39 is 0 Å². The summed E-state index contributed by atoms with van der Waals surface area (Å²) in [5.41, 5.74) is 1.98. The summed E-state index contributed by atoms with van der Waals surface area (Å²) >= 11 is 0. The van der Waals surface area contributed by atoms with Gasteiger partial charge in [-0.05, 0) is 25.8 Å². The van der Waals surface area contributed by atoms with Gasteiger partial charge in [-0.15, -0.1) is 0 Å². The van der Waals surface area contributed by atoms with Crippen LogP contribution in [0.4, 0.5) is 4.79 Å². The molecule has 3 N–H and O–H groups in total. The van der Waals surface area contributed by atoms with Crippen LogP contribution in [-0.4, -0.2) is 32.1 Å². The smallest absolute Gasteiger partial charge is 0.315 e. The number of carbonyl (C=O) groups excluding carboxylic acids is 1. The second kappa shape index (κ2) is 6.64. The fourth-order valence-corrected chi connectivity index (χ4v) is 3.02. The molecule has 1 fully saturated rings. The molecule has 0 aromatic carbocycles. The summed E-state index contributed by atoms with van der Waals surface area (Å²) in [5, 5.41) is 17.1. The number of aromatic amines is 1. The van der Waals surface area contributed by atoms with Gasteiger partial charge in [0.1, 0.15) is 0 Å². The molecule has 118 valence electrons. The molecule has 2 aromatic heterocycles. The molecular formula is C15H22N6O. The number of hydrogen-bond acceptors (Lipinski definition) is 3. The maximum atomic E-state index is 12.2. The highest BCUT2D eigenvalue weighted by Gasteiger charge is 2.28. The minimum Gasteiger partial charge on any atom is -0.334 e. The lowest BCUT2D eigenvalue weighted by Gasteiger charge is -2.32. The molecule has 0 unspecified atom stereocenters. The molecule has 1 aliphatic carbocycles. The van der Waals surface area contributed by atoms with Crippen LogP contribution in [-0.2, 0) is 6.54 Å². The molecule has 0 radical (unpaired) electrons. The topological polar surface area (TPSA) is 87.6 Å². The van der Waals surface area contributed by atoms with E-state index in [1.165, 1.54) is 6.42 Å². The molecular weight excluding hydrogens is 280 g/mol. The van der Waals surface area contributed by atoms with Crippen molar-refractivity contribution in [2.45, 2.75) is 51.2 Å². The zero-order chi connectivity index (χ0) is 15.4. The van der Waals surface area contributed by atoms with Crippen LogP contribution in [0.2, 0.25) is 0 Å². The van der Waals surface area contributed by atoms with E-state index in [-0.39, 0.29) is 18.1 Å². The Morgan fingerprint density at radius 3 is 3.05 bits per heavy atom. The van der Waals surface area contributed by atoms with E-state index in [2.05, 4.69) is 25.9 Å². The first-order valence-corrected chi connectivity index (χ1v) is 7.76. The lowest BCUT2D eigenvalue weighted by atomic mass is 9.90. The first-order chi connectivity index (χ1) is 10.7. The summed E-state index contributed by atoms with van der Waals surface area (Å²) in [6.07, 6.45) is 9.85. The first kappa shape index (κ1) is 14.6. The third kappa shape index (κ3) is 3.29. The third-order valence-corrected chi connectivity index (χ3v) is 4.28. The van der Waals surface area contributed by atoms with Crippen LogP contribution in [0.1, 0.15) is 43.0 Å². The summed E-state index contributed by atoms with van der Waals surface area (Å²) in [6, 6.07) is 2.15. The molecule has 7 heteroatoms. The molecule has 3 rings (SSSR count). The van der Waals surface area contributed by atoms with E-state index in [9.17, 15) is 4.79 Å². The van der Waals surface area contributed by atoms with Gasteiger partial charge >= 0.3 is 6.03 Å². The standard InChI is InChI=1S/C15H22N6O/c1-11-12(10-17-20-11)9-16-15(22)19-13-5-2-3-6-14(13)21-8-4-7-18-21/h4,7-8,10,13-14H,2-3,5-6,9H2,1H3,(H,17,20)(H2,16,19,22)/t13-,14+/m1/s1. The Hall–Kier alpha value is -2.31. The molecule has 1 saturated carbocycles. The number of rotatable bonds is 4. The molecule has 7 nitrogen and oxygen atoms in total. The van der Waals surface area contributed by atoms with Gasteiger partial charge in [0.2, 0.25) is 0 Å². The fraction of sp³-hybridized carbons (Fsp3) is 0.533. The van der Waals surface area contributed by atoms with Crippen LogP contribution >= 0.6 is 0 Å². The largest absolute Gasteiger partial charge is 0.334 e. The van der Waals surface area contributed by atoms with Crippen molar-refractivity contribution in [2.75, 3.05) is 0 Å². The van der Waals surface area contributed by atoms with Crippen LogP contribution in [0, 0.1) is 6.92 Å². The van der Waals surface area contributed by atoms with Crippen LogP contribution in [0.3, 0.4) is 0 Å². The molecule has 0 bridgehead atoms. The van der Waals surface area contributed by atoms with Crippen LogP contribution in [0.5, 0.6) is 0 Å². The Bertz CT molecular complexity index is 605.